The van der Waals surface area contributed by atoms with Crippen LogP contribution in [0.25, 0.3) is 0 Å². The fourth-order valence-electron chi connectivity index (χ4n) is 2.71. The van der Waals surface area contributed by atoms with Crippen LogP contribution >= 0.6 is 23.2 Å². The summed E-state index contributed by atoms with van der Waals surface area (Å²) in [4.78, 5) is 26.1. The number of rotatable bonds is 7. The highest BCUT2D eigenvalue weighted by atomic mass is 35.5. The highest BCUT2D eigenvalue weighted by Gasteiger charge is 2.34. The Kier molecular flexibility index (Phi) is 6.73. The van der Waals surface area contributed by atoms with Crippen molar-refractivity contribution >= 4 is 35.0 Å². The number of nitrogens with one attached hydrogen (secondary N) is 1. The van der Waals surface area contributed by atoms with Crippen LogP contribution in [0.4, 0.5) is 0 Å². The summed E-state index contributed by atoms with van der Waals surface area (Å²) in [6.07, 6.45) is 1.50. The fourth-order valence-corrected chi connectivity index (χ4v) is 3.03. The van der Waals surface area contributed by atoms with Crippen LogP contribution in [-0.2, 0) is 20.7 Å². The van der Waals surface area contributed by atoms with E-state index < -0.39 is 0 Å². The molecule has 1 atom stereocenters. The monoisotopic (exact) mass is 384 g/mol. The number of carbonyl (C=O) groups excluding carboxylic acids is 2. The third-order valence-corrected chi connectivity index (χ3v) is 4.93. The zero-order valence-electron chi connectivity index (χ0n) is 14.6. The van der Waals surface area contributed by atoms with E-state index in [9.17, 15) is 9.59 Å². The third kappa shape index (κ3) is 4.67. The van der Waals surface area contributed by atoms with E-state index in [0.717, 1.165) is 18.4 Å². The average Bonchev–Trinajstić information content (AvgIpc) is 2.91. The maximum atomic E-state index is 12.5. The van der Waals surface area contributed by atoms with Crippen molar-refractivity contribution in [3.63, 3.8) is 0 Å². The molecule has 0 radical (unpaired) electrons. The molecule has 25 heavy (non-hydrogen) atoms. The standard InChI is InChI=1S/C18H22Cl2N2O3/c1-4-22-10-13(16(25-3)18(22)24)17(23)21-11(2)5-6-12-7-8-14(19)15(20)9-12/h7-9,11H,4-6,10H2,1-3H3,(H,21,23). The van der Waals surface area contributed by atoms with E-state index in [-0.39, 0.29) is 30.2 Å². The Morgan fingerprint density at radius 3 is 2.68 bits per heavy atom. The van der Waals surface area contributed by atoms with Gasteiger partial charge in [-0.3, -0.25) is 9.59 Å². The summed E-state index contributed by atoms with van der Waals surface area (Å²) in [6, 6.07) is 5.46. The summed E-state index contributed by atoms with van der Waals surface area (Å²) in [5.41, 5.74) is 1.44. The highest BCUT2D eigenvalue weighted by molar-refractivity contribution is 6.42. The van der Waals surface area contributed by atoms with Gasteiger partial charge in [0.15, 0.2) is 5.76 Å². The van der Waals surface area contributed by atoms with Gasteiger partial charge in [0, 0.05) is 12.6 Å². The van der Waals surface area contributed by atoms with E-state index in [1.54, 1.807) is 11.0 Å². The Hall–Kier alpha value is -1.72. The number of hydrogen-bond acceptors (Lipinski definition) is 3. The van der Waals surface area contributed by atoms with Crippen LogP contribution < -0.4 is 5.32 Å². The van der Waals surface area contributed by atoms with Crippen molar-refractivity contribution < 1.29 is 14.3 Å². The molecule has 7 heteroatoms. The molecular weight excluding hydrogens is 363 g/mol. The van der Waals surface area contributed by atoms with Crippen LogP contribution in [-0.4, -0.2) is 43.0 Å². The van der Waals surface area contributed by atoms with Gasteiger partial charge in [0.2, 0.25) is 0 Å². The largest absolute Gasteiger partial charge is 0.491 e. The minimum atomic E-state index is -0.261. The number of hydrogen-bond donors (Lipinski definition) is 1. The first-order valence-electron chi connectivity index (χ1n) is 8.18. The van der Waals surface area contributed by atoms with E-state index in [0.29, 0.717) is 22.2 Å². The number of aryl methyl sites for hydroxylation is 1. The normalized spacial score (nSPS) is 15.6. The maximum absolute atomic E-state index is 12.5. The summed E-state index contributed by atoms with van der Waals surface area (Å²) in [5.74, 6) is -0.363. The second kappa shape index (κ2) is 8.59. The number of nitrogens with zero attached hydrogens (tertiary/aromatic N) is 1. The van der Waals surface area contributed by atoms with Crippen LogP contribution in [0.3, 0.4) is 0 Å². The number of ether oxygens (including phenoxy) is 1. The smallest absolute Gasteiger partial charge is 0.289 e. The van der Waals surface area contributed by atoms with Crippen LogP contribution in [0.1, 0.15) is 25.8 Å². The van der Waals surface area contributed by atoms with Crippen LogP contribution in [0.2, 0.25) is 10.0 Å². The molecule has 0 aliphatic carbocycles. The molecule has 0 aromatic heterocycles. The summed E-state index contributed by atoms with van der Waals surface area (Å²) in [6.45, 7) is 4.61. The van der Waals surface area contributed by atoms with Crippen LogP contribution in [0.5, 0.6) is 0 Å². The average molecular weight is 385 g/mol. The lowest BCUT2D eigenvalue weighted by Crippen LogP contribution is -2.35. The Morgan fingerprint density at radius 2 is 2.08 bits per heavy atom. The second-order valence-corrected chi connectivity index (χ2v) is 6.81. The quantitative estimate of drug-likeness (QED) is 0.784. The summed E-state index contributed by atoms with van der Waals surface area (Å²) < 4.78 is 5.12. The van der Waals surface area contributed by atoms with Gasteiger partial charge in [0.05, 0.1) is 29.3 Å². The molecule has 1 aliphatic heterocycles. The number of halogens is 2. The Labute approximate surface area is 157 Å². The van der Waals surface area contributed by atoms with E-state index in [2.05, 4.69) is 5.32 Å². The van der Waals surface area contributed by atoms with E-state index in [1.165, 1.54) is 7.11 Å². The maximum Gasteiger partial charge on any atom is 0.289 e. The number of carbonyl (C=O) groups is 2. The Balaban J connectivity index is 1.94. The van der Waals surface area contributed by atoms with Crippen molar-refractivity contribution in [1.82, 2.24) is 10.2 Å². The Morgan fingerprint density at radius 1 is 1.36 bits per heavy atom. The molecule has 1 aromatic rings. The zero-order valence-corrected chi connectivity index (χ0v) is 16.1. The predicted octanol–water partition coefficient (Wildman–Crippen LogP) is 3.19. The molecule has 0 saturated heterocycles. The first-order chi connectivity index (χ1) is 11.9. The zero-order chi connectivity index (χ0) is 18.6. The molecule has 1 aromatic carbocycles. The first kappa shape index (κ1) is 19.6. The van der Waals surface area contributed by atoms with Gasteiger partial charge in [0.25, 0.3) is 11.8 Å². The van der Waals surface area contributed by atoms with Crippen LogP contribution in [0.15, 0.2) is 29.5 Å². The van der Waals surface area contributed by atoms with Gasteiger partial charge in [-0.1, -0.05) is 29.3 Å². The lowest BCUT2D eigenvalue weighted by molar-refractivity contribution is -0.128. The molecule has 1 heterocycles. The third-order valence-electron chi connectivity index (χ3n) is 4.19. The molecular formula is C18H22Cl2N2O3. The molecule has 0 bridgehead atoms. The van der Waals surface area contributed by atoms with Crippen molar-refractivity contribution in [2.45, 2.75) is 32.7 Å². The lowest BCUT2D eigenvalue weighted by Gasteiger charge is -2.16. The van der Waals surface area contributed by atoms with Crippen molar-refractivity contribution in [3.05, 3.63) is 45.1 Å². The van der Waals surface area contributed by atoms with E-state index in [4.69, 9.17) is 27.9 Å². The van der Waals surface area contributed by atoms with Crippen molar-refractivity contribution in [2.75, 3.05) is 20.2 Å². The topological polar surface area (TPSA) is 58.6 Å². The molecule has 0 spiro atoms. The Bertz CT molecular complexity index is 704. The van der Waals surface area contributed by atoms with Crippen molar-refractivity contribution in [1.29, 1.82) is 0 Å². The van der Waals surface area contributed by atoms with Gasteiger partial charge < -0.3 is 15.0 Å². The molecule has 0 fully saturated rings. The van der Waals surface area contributed by atoms with Gasteiger partial charge in [0.1, 0.15) is 0 Å². The van der Waals surface area contributed by atoms with Gasteiger partial charge in [-0.2, -0.15) is 0 Å². The minimum Gasteiger partial charge on any atom is -0.491 e. The van der Waals surface area contributed by atoms with Crippen molar-refractivity contribution in [3.8, 4) is 0 Å². The summed E-state index contributed by atoms with van der Waals surface area (Å²) in [5, 5.41) is 3.98. The fraction of sp³-hybridized carbons (Fsp3) is 0.444. The number of amides is 2. The second-order valence-electron chi connectivity index (χ2n) is 5.99. The van der Waals surface area contributed by atoms with E-state index in [1.807, 2.05) is 26.0 Å². The molecule has 1 aliphatic rings. The van der Waals surface area contributed by atoms with E-state index >= 15 is 0 Å². The van der Waals surface area contributed by atoms with Gasteiger partial charge in [-0.05, 0) is 44.4 Å². The molecule has 0 saturated carbocycles. The molecule has 5 nitrogen and oxygen atoms in total. The number of likely N-dealkylation sites (N-methyl/N-ethyl adjacent to an activating group) is 1. The molecule has 2 amide bonds. The SMILES string of the molecule is CCN1CC(C(=O)NC(C)CCc2ccc(Cl)c(Cl)c2)=C(OC)C1=O. The molecule has 1 N–H and O–H groups in total. The first-order valence-corrected chi connectivity index (χ1v) is 8.94. The van der Waals surface area contributed by atoms with Gasteiger partial charge >= 0.3 is 0 Å². The van der Waals surface area contributed by atoms with Crippen LogP contribution in [0, 0.1) is 0 Å². The highest BCUT2D eigenvalue weighted by Crippen LogP contribution is 2.23. The number of benzene rings is 1. The summed E-state index contributed by atoms with van der Waals surface area (Å²) in [7, 11) is 1.41. The summed E-state index contributed by atoms with van der Waals surface area (Å²) >= 11 is 11.9. The van der Waals surface area contributed by atoms with Gasteiger partial charge in [-0.15, -0.1) is 0 Å². The van der Waals surface area contributed by atoms with Crippen molar-refractivity contribution in [2.24, 2.45) is 0 Å². The molecule has 136 valence electrons. The number of methoxy groups -OCH3 is 1. The molecule has 1 unspecified atom stereocenters. The van der Waals surface area contributed by atoms with Gasteiger partial charge in [-0.25, -0.2) is 0 Å². The lowest BCUT2D eigenvalue weighted by atomic mass is 10.1. The minimum absolute atomic E-state index is 0.0571. The molecule has 2 rings (SSSR count). The predicted molar refractivity (Wildman–Crippen MR) is 98.7 cm³/mol.